The summed E-state index contributed by atoms with van der Waals surface area (Å²) < 4.78 is 17.1. The normalized spacial score (nSPS) is 13.6. The van der Waals surface area contributed by atoms with Gasteiger partial charge >= 0.3 is 0 Å². The van der Waals surface area contributed by atoms with Gasteiger partial charge in [0, 0.05) is 11.3 Å². The minimum absolute atomic E-state index is 0.277. The summed E-state index contributed by atoms with van der Waals surface area (Å²) in [7, 11) is 1.63. The smallest absolute Gasteiger partial charge is 0.146 e. The molecule has 0 amide bonds. The summed E-state index contributed by atoms with van der Waals surface area (Å²) in [6.45, 7) is 0.289. The lowest BCUT2D eigenvalue weighted by Crippen LogP contribution is -2.09. The van der Waals surface area contributed by atoms with Crippen molar-refractivity contribution in [1.29, 1.82) is 5.26 Å². The molecule has 0 bridgehead atoms. The van der Waals surface area contributed by atoms with E-state index in [2.05, 4.69) is 11.1 Å². The molecule has 154 valence electrons. The van der Waals surface area contributed by atoms with Crippen molar-refractivity contribution in [3.05, 3.63) is 59.0 Å². The molecule has 4 rings (SSSR count). The van der Waals surface area contributed by atoms with E-state index < -0.39 is 0 Å². The molecule has 3 aromatic rings. The largest absolute Gasteiger partial charge is 0.497 e. The van der Waals surface area contributed by atoms with Gasteiger partial charge in [-0.15, -0.1) is 0 Å². The molecule has 2 N–H and O–H groups in total. The molecule has 0 aliphatic heterocycles. The maximum atomic E-state index is 9.74. The summed E-state index contributed by atoms with van der Waals surface area (Å²) in [5.41, 5.74) is 9.41. The van der Waals surface area contributed by atoms with Crippen LogP contribution in [0.1, 0.15) is 48.3 Å². The second kappa shape index (κ2) is 8.91. The Balaban J connectivity index is 1.62. The van der Waals surface area contributed by atoms with Gasteiger partial charge in [-0.25, -0.2) is 4.98 Å². The van der Waals surface area contributed by atoms with Gasteiger partial charge in [-0.3, -0.25) is 0 Å². The summed E-state index contributed by atoms with van der Waals surface area (Å²) in [5, 5.41) is 9.74. The fourth-order valence-electron chi connectivity index (χ4n) is 3.92. The number of nitrogens with zero attached hydrogens (tertiary/aromatic N) is 2. The van der Waals surface area contributed by atoms with Crippen molar-refractivity contribution in [2.75, 3.05) is 12.8 Å². The minimum atomic E-state index is 0.277. The van der Waals surface area contributed by atoms with Crippen molar-refractivity contribution in [2.24, 2.45) is 0 Å². The highest BCUT2D eigenvalue weighted by Gasteiger charge is 2.23. The molecule has 0 unspecified atom stereocenters. The van der Waals surface area contributed by atoms with Crippen LogP contribution in [0.15, 0.2) is 40.8 Å². The van der Waals surface area contributed by atoms with E-state index in [9.17, 15) is 5.26 Å². The highest BCUT2D eigenvalue weighted by molar-refractivity contribution is 5.76. The zero-order valence-corrected chi connectivity index (χ0v) is 17.1. The Labute approximate surface area is 176 Å². The number of hydrogen-bond donors (Lipinski definition) is 1. The van der Waals surface area contributed by atoms with Crippen LogP contribution in [0, 0.1) is 11.3 Å². The van der Waals surface area contributed by atoms with Crippen LogP contribution in [-0.4, -0.2) is 12.1 Å². The highest BCUT2D eigenvalue weighted by Crippen LogP contribution is 2.36. The van der Waals surface area contributed by atoms with Gasteiger partial charge in [0.2, 0.25) is 0 Å². The topological polar surface area (TPSA) is 94.3 Å². The van der Waals surface area contributed by atoms with Crippen LogP contribution in [0.3, 0.4) is 0 Å². The van der Waals surface area contributed by atoms with E-state index >= 15 is 0 Å². The zero-order chi connectivity index (χ0) is 20.9. The quantitative estimate of drug-likeness (QED) is 0.641. The van der Waals surface area contributed by atoms with Crippen molar-refractivity contribution in [1.82, 2.24) is 4.98 Å². The lowest BCUT2D eigenvalue weighted by Gasteiger charge is -2.18. The number of aromatic nitrogens is 1. The molecule has 1 aliphatic rings. The van der Waals surface area contributed by atoms with E-state index in [4.69, 9.17) is 19.6 Å². The minimum Gasteiger partial charge on any atom is -0.497 e. The van der Waals surface area contributed by atoms with Crippen LogP contribution in [0.2, 0.25) is 0 Å². The first-order chi connectivity index (χ1) is 14.7. The Morgan fingerprint density at radius 2 is 1.77 bits per heavy atom. The Hall–Kier alpha value is -3.46. The molecule has 6 nitrogen and oxygen atoms in total. The SMILES string of the molecule is COc1ccc(OCc2ccc(-c3c(C#N)c(N)nc4c3CCCCCC4)o2)cc1. The van der Waals surface area contributed by atoms with Crippen molar-refractivity contribution >= 4 is 5.82 Å². The zero-order valence-electron chi connectivity index (χ0n) is 17.1. The summed E-state index contributed by atoms with van der Waals surface area (Å²) in [5.74, 6) is 3.10. The first kappa shape index (κ1) is 19.8. The molecule has 1 aromatic carbocycles. The van der Waals surface area contributed by atoms with Crippen LogP contribution in [-0.2, 0) is 19.4 Å². The maximum Gasteiger partial charge on any atom is 0.146 e. The number of fused-ring (bicyclic) bond motifs is 1. The Bertz CT molecular complexity index is 1060. The van der Waals surface area contributed by atoms with Gasteiger partial charge < -0.3 is 19.6 Å². The maximum absolute atomic E-state index is 9.74. The Kier molecular flexibility index (Phi) is 5.89. The van der Waals surface area contributed by atoms with Crippen LogP contribution < -0.4 is 15.2 Å². The molecule has 30 heavy (non-hydrogen) atoms. The molecule has 0 fully saturated rings. The number of aryl methyl sites for hydroxylation is 1. The lowest BCUT2D eigenvalue weighted by molar-refractivity contribution is 0.271. The third kappa shape index (κ3) is 4.11. The van der Waals surface area contributed by atoms with Crippen LogP contribution in [0.5, 0.6) is 11.5 Å². The fraction of sp³-hybridized carbons (Fsp3) is 0.333. The van der Waals surface area contributed by atoms with Gasteiger partial charge in [0.1, 0.15) is 47.1 Å². The lowest BCUT2D eigenvalue weighted by atomic mass is 9.90. The van der Waals surface area contributed by atoms with Crippen LogP contribution >= 0.6 is 0 Å². The Morgan fingerprint density at radius 3 is 2.50 bits per heavy atom. The van der Waals surface area contributed by atoms with E-state index in [0.29, 0.717) is 17.1 Å². The number of ether oxygens (including phenoxy) is 2. The number of rotatable bonds is 5. The van der Waals surface area contributed by atoms with Crippen LogP contribution in [0.4, 0.5) is 5.82 Å². The summed E-state index contributed by atoms with van der Waals surface area (Å²) >= 11 is 0. The van der Waals surface area contributed by atoms with E-state index in [1.54, 1.807) is 7.11 Å². The number of anilines is 1. The van der Waals surface area contributed by atoms with E-state index in [-0.39, 0.29) is 12.4 Å². The van der Waals surface area contributed by atoms with Gasteiger partial charge in [-0.1, -0.05) is 12.8 Å². The first-order valence-electron chi connectivity index (χ1n) is 10.3. The summed E-state index contributed by atoms with van der Waals surface area (Å²) in [6.07, 6.45) is 6.31. The molecule has 0 saturated carbocycles. The predicted molar refractivity (Wildman–Crippen MR) is 114 cm³/mol. The van der Waals surface area contributed by atoms with Gasteiger partial charge in [0.05, 0.1) is 7.11 Å². The second-order valence-corrected chi connectivity index (χ2v) is 7.43. The monoisotopic (exact) mass is 403 g/mol. The van der Waals surface area contributed by atoms with Gasteiger partial charge in [0.25, 0.3) is 0 Å². The average Bonchev–Trinajstić information content (AvgIpc) is 3.22. The van der Waals surface area contributed by atoms with E-state index in [0.717, 1.165) is 54.0 Å². The second-order valence-electron chi connectivity index (χ2n) is 7.43. The van der Waals surface area contributed by atoms with Crippen molar-refractivity contribution < 1.29 is 13.9 Å². The van der Waals surface area contributed by atoms with Crippen molar-refractivity contribution in [2.45, 2.75) is 45.1 Å². The number of hydrogen-bond acceptors (Lipinski definition) is 6. The van der Waals surface area contributed by atoms with E-state index in [1.165, 1.54) is 12.8 Å². The standard InChI is InChI=1S/C24H25N3O3/c1-28-16-8-10-17(11-9-16)29-15-18-12-13-22(30-18)23-19-6-4-2-3-5-7-21(19)27-24(26)20(23)14-25/h8-13H,2-7,15H2,1H3,(H2,26,27). The number of nitrogen functional groups attached to an aromatic ring is 1. The van der Waals surface area contributed by atoms with Crippen molar-refractivity contribution in [3.63, 3.8) is 0 Å². The fourth-order valence-corrected chi connectivity index (χ4v) is 3.92. The molecule has 0 atom stereocenters. The molecule has 2 heterocycles. The number of nitriles is 1. The molecule has 6 heteroatoms. The number of benzene rings is 1. The average molecular weight is 403 g/mol. The summed E-state index contributed by atoms with van der Waals surface area (Å²) in [6, 6.07) is 13.4. The number of nitrogens with two attached hydrogens (primary N) is 1. The molecule has 0 spiro atoms. The van der Waals surface area contributed by atoms with Gasteiger partial charge in [-0.05, 0) is 67.6 Å². The third-order valence-electron chi connectivity index (χ3n) is 5.46. The molecular formula is C24H25N3O3. The Morgan fingerprint density at radius 1 is 1.03 bits per heavy atom. The number of methoxy groups -OCH3 is 1. The molecule has 1 aliphatic carbocycles. The molecular weight excluding hydrogens is 378 g/mol. The van der Waals surface area contributed by atoms with E-state index in [1.807, 2.05) is 36.4 Å². The molecule has 2 aromatic heterocycles. The molecule has 0 radical (unpaired) electrons. The van der Waals surface area contributed by atoms with Gasteiger partial charge in [-0.2, -0.15) is 5.26 Å². The summed E-state index contributed by atoms with van der Waals surface area (Å²) in [4.78, 5) is 4.55. The number of pyridine rings is 1. The molecule has 0 saturated heterocycles. The van der Waals surface area contributed by atoms with Crippen molar-refractivity contribution in [3.8, 4) is 28.9 Å². The first-order valence-corrected chi connectivity index (χ1v) is 10.3. The predicted octanol–water partition coefficient (Wildman–Crippen LogP) is 5.04. The number of furan rings is 1. The highest BCUT2D eigenvalue weighted by atomic mass is 16.5. The van der Waals surface area contributed by atoms with Gasteiger partial charge in [0.15, 0.2) is 0 Å². The van der Waals surface area contributed by atoms with Crippen LogP contribution in [0.25, 0.3) is 11.3 Å². The third-order valence-corrected chi connectivity index (χ3v) is 5.46.